The van der Waals surface area contributed by atoms with Crippen LogP contribution < -0.4 is 16.2 Å². The number of aliphatic hydroxyl groups excluding tert-OH is 1. The summed E-state index contributed by atoms with van der Waals surface area (Å²) in [5.41, 5.74) is 4.90. The van der Waals surface area contributed by atoms with Gasteiger partial charge >= 0.3 is 6.09 Å². The summed E-state index contributed by atoms with van der Waals surface area (Å²) in [5, 5.41) is 20.2. The molecule has 1 aromatic rings. The number of aliphatic hydroxyl groups is 1. The van der Waals surface area contributed by atoms with E-state index in [1.54, 1.807) is 26.0 Å². The van der Waals surface area contributed by atoms with Crippen molar-refractivity contribution in [2.24, 2.45) is 0 Å². The van der Waals surface area contributed by atoms with Crippen molar-refractivity contribution in [2.75, 3.05) is 17.3 Å². The molecule has 1 heterocycles. The zero-order chi connectivity index (χ0) is 15.0. The standard InChI is InChI=1S/C12H21N5O3/c1-4-20-12(19)17-16-11-6-5-10(14-15-11)13-8(2)7-9(3)18/h5-6,8-9,18H,4,7H2,1-3H3,(H,13,14)(H,15,16)(H,17,19). The molecule has 0 radical (unpaired) electrons. The molecule has 1 amide bonds. The molecule has 2 unspecified atom stereocenters. The molecule has 0 saturated carbocycles. The Morgan fingerprint density at radius 3 is 2.55 bits per heavy atom. The smallest absolute Gasteiger partial charge is 0.425 e. The van der Waals surface area contributed by atoms with Crippen molar-refractivity contribution in [3.8, 4) is 0 Å². The molecule has 1 aromatic heterocycles. The van der Waals surface area contributed by atoms with Gasteiger partial charge in [0.1, 0.15) is 5.82 Å². The van der Waals surface area contributed by atoms with E-state index in [1.165, 1.54) is 0 Å². The molecule has 0 aliphatic heterocycles. The Kier molecular flexibility index (Phi) is 6.51. The minimum atomic E-state index is -0.581. The molecule has 2 atom stereocenters. The van der Waals surface area contributed by atoms with Crippen LogP contribution in [0.25, 0.3) is 0 Å². The number of rotatable bonds is 7. The second kappa shape index (κ2) is 8.16. The molecular weight excluding hydrogens is 262 g/mol. The molecular formula is C12H21N5O3. The highest BCUT2D eigenvalue weighted by molar-refractivity contribution is 5.68. The summed E-state index contributed by atoms with van der Waals surface area (Å²) in [6.07, 6.45) is -0.339. The predicted octanol–water partition coefficient (Wildman–Crippen LogP) is 1.12. The fraction of sp³-hybridized carbons (Fsp3) is 0.583. The number of aromatic nitrogens is 2. The molecule has 8 heteroatoms. The molecule has 0 fully saturated rings. The molecule has 112 valence electrons. The SMILES string of the molecule is CCOC(=O)NNc1ccc(NC(C)CC(C)O)nn1. The van der Waals surface area contributed by atoms with E-state index in [9.17, 15) is 9.90 Å². The lowest BCUT2D eigenvalue weighted by molar-refractivity contribution is 0.154. The van der Waals surface area contributed by atoms with E-state index in [0.717, 1.165) is 0 Å². The number of anilines is 2. The Bertz CT molecular complexity index is 410. The van der Waals surface area contributed by atoms with Crippen LogP contribution in [0.2, 0.25) is 0 Å². The topological polar surface area (TPSA) is 108 Å². The maximum atomic E-state index is 11.1. The molecule has 0 saturated heterocycles. The third-order valence-corrected chi connectivity index (χ3v) is 2.32. The molecule has 0 bridgehead atoms. The quantitative estimate of drug-likeness (QED) is 0.555. The van der Waals surface area contributed by atoms with E-state index < -0.39 is 6.09 Å². The lowest BCUT2D eigenvalue weighted by Crippen LogP contribution is -2.30. The molecule has 0 spiro atoms. The molecule has 0 aliphatic rings. The minimum absolute atomic E-state index is 0.0840. The largest absolute Gasteiger partial charge is 0.449 e. The first kappa shape index (κ1) is 16.0. The summed E-state index contributed by atoms with van der Waals surface area (Å²) in [7, 11) is 0. The van der Waals surface area contributed by atoms with Crippen LogP contribution in [0.15, 0.2) is 12.1 Å². The number of hydrazine groups is 1. The van der Waals surface area contributed by atoms with Gasteiger partial charge in [-0.1, -0.05) is 0 Å². The van der Waals surface area contributed by atoms with E-state index in [1.807, 2.05) is 6.92 Å². The van der Waals surface area contributed by atoms with Crippen LogP contribution in [0.4, 0.5) is 16.4 Å². The fourth-order valence-corrected chi connectivity index (χ4v) is 1.58. The number of hydrogen-bond donors (Lipinski definition) is 4. The first-order valence-electron chi connectivity index (χ1n) is 6.48. The number of nitrogens with zero attached hydrogens (tertiary/aromatic N) is 2. The van der Waals surface area contributed by atoms with E-state index in [-0.39, 0.29) is 12.1 Å². The highest BCUT2D eigenvalue weighted by Crippen LogP contribution is 2.09. The van der Waals surface area contributed by atoms with Crippen molar-refractivity contribution < 1.29 is 14.6 Å². The van der Waals surface area contributed by atoms with Crippen LogP contribution >= 0.6 is 0 Å². The van der Waals surface area contributed by atoms with Crippen molar-refractivity contribution >= 4 is 17.7 Å². The van der Waals surface area contributed by atoms with Crippen molar-refractivity contribution in [3.05, 3.63) is 12.1 Å². The molecule has 4 N–H and O–H groups in total. The number of amides is 1. The van der Waals surface area contributed by atoms with Gasteiger partial charge in [-0.25, -0.2) is 10.2 Å². The summed E-state index contributed by atoms with van der Waals surface area (Å²) < 4.78 is 4.68. The van der Waals surface area contributed by atoms with Crippen LogP contribution in [0, 0.1) is 0 Å². The Labute approximate surface area is 117 Å². The Morgan fingerprint density at radius 1 is 1.35 bits per heavy atom. The fourth-order valence-electron chi connectivity index (χ4n) is 1.58. The number of nitrogens with one attached hydrogen (secondary N) is 3. The lowest BCUT2D eigenvalue weighted by Gasteiger charge is -2.15. The van der Waals surface area contributed by atoms with Crippen LogP contribution in [-0.2, 0) is 4.74 Å². The summed E-state index contributed by atoms with van der Waals surface area (Å²) in [4.78, 5) is 11.1. The summed E-state index contributed by atoms with van der Waals surface area (Å²) in [6.45, 7) is 5.69. The first-order valence-corrected chi connectivity index (χ1v) is 6.48. The Balaban J connectivity index is 2.42. The van der Waals surface area contributed by atoms with Gasteiger partial charge in [-0.15, -0.1) is 10.2 Å². The Hall–Kier alpha value is -2.09. The number of hydrogen-bond acceptors (Lipinski definition) is 7. The van der Waals surface area contributed by atoms with E-state index in [2.05, 4.69) is 31.1 Å². The number of carbonyl (C=O) groups is 1. The van der Waals surface area contributed by atoms with Crippen molar-refractivity contribution in [3.63, 3.8) is 0 Å². The Morgan fingerprint density at radius 2 is 2.00 bits per heavy atom. The van der Waals surface area contributed by atoms with Crippen LogP contribution in [0.5, 0.6) is 0 Å². The van der Waals surface area contributed by atoms with Gasteiger partial charge in [-0.05, 0) is 39.3 Å². The third kappa shape index (κ3) is 6.19. The monoisotopic (exact) mass is 283 g/mol. The first-order chi connectivity index (χ1) is 9.51. The van der Waals surface area contributed by atoms with Crippen LogP contribution in [0.3, 0.4) is 0 Å². The van der Waals surface area contributed by atoms with Crippen molar-refractivity contribution in [2.45, 2.75) is 39.3 Å². The maximum Gasteiger partial charge on any atom is 0.425 e. The minimum Gasteiger partial charge on any atom is -0.449 e. The maximum absolute atomic E-state index is 11.1. The van der Waals surface area contributed by atoms with E-state index in [4.69, 9.17) is 0 Å². The third-order valence-electron chi connectivity index (χ3n) is 2.32. The summed E-state index contributed by atoms with van der Waals surface area (Å²) >= 11 is 0. The number of carbonyl (C=O) groups excluding carboxylic acids is 1. The van der Waals surface area contributed by atoms with Gasteiger partial charge in [0, 0.05) is 6.04 Å². The highest BCUT2D eigenvalue weighted by Gasteiger charge is 2.07. The zero-order valence-corrected chi connectivity index (χ0v) is 11.9. The summed E-state index contributed by atoms with van der Waals surface area (Å²) in [6, 6.07) is 3.47. The van der Waals surface area contributed by atoms with E-state index in [0.29, 0.717) is 24.7 Å². The second-order valence-corrected chi connectivity index (χ2v) is 4.40. The van der Waals surface area contributed by atoms with Crippen molar-refractivity contribution in [1.29, 1.82) is 0 Å². The van der Waals surface area contributed by atoms with E-state index >= 15 is 0 Å². The van der Waals surface area contributed by atoms with Gasteiger partial charge in [-0.2, -0.15) is 0 Å². The molecule has 8 nitrogen and oxygen atoms in total. The van der Waals surface area contributed by atoms with Gasteiger partial charge in [0.25, 0.3) is 0 Å². The van der Waals surface area contributed by atoms with Crippen LogP contribution in [-0.4, -0.2) is 40.1 Å². The molecule has 1 rings (SSSR count). The molecule has 0 aromatic carbocycles. The van der Waals surface area contributed by atoms with Crippen molar-refractivity contribution in [1.82, 2.24) is 15.6 Å². The van der Waals surface area contributed by atoms with Gasteiger partial charge in [0.2, 0.25) is 0 Å². The molecule has 20 heavy (non-hydrogen) atoms. The average Bonchev–Trinajstić information content (AvgIpc) is 2.37. The van der Waals surface area contributed by atoms with Gasteiger partial charge in [0.05, 0.1) is 12.7 Å². The average molecular weight is 283 g/mol. The molecule has 0 aliphatic carbocycles. The van der Waals surface area contributed by atoms with Gasteiger partial charge in [0.15, 0.2) is 5.82 Å². The zero-order valence-electron chi connectivity index (χ0n) is 11.9. The second-order valence-electron chi connectivity index (χ2n) is 4.40. The highest BCUT2D eigenvalue weighted by atomic mass is 16.5. The summed E-state index contributed by atoms with van der Waals surface area (Å²) in [5.74, 6) is 0.992. The van der Waals surface area contributed by atoms with Gasteiger partial charge < -0.3 is 15.2 Å². The van der Waals surface area contributed by atoms with Gasteiger partial charge in [-0.3, -0.25) is 5.43 Å². The number of ether oxygens (including phenoxy) is 1. The lowest BCUT2D eigenvalue weighted by atomic mass is 10.1. The van der Waals surface area contributed by atoms with Crippen LogP contribution in [0.1, 0.15) is 27.2 Å². The normalized spacial score (nSPS) is 13.2. The predicted molar refractivity (Wildman–Crippen MR) is 75.2 cm³/mol.